The summed E-state index contributed by atoms with van der Waals surface area (Å²) in [5.41, 5.74) is 3.37. The average molecular weight is 409 g/mol. The van der Waals surface area contributed by atoms with E-state index in [1.54, 1.807) is 30.5 Å². The summed E-state index contributed by atoms with van der Waals surface area (Å²) in [5.74, 6) is 0.0706. The monoisotopic (exact) mass is 409 g/mol. The minimum atomic E-state index is -2.72. The number of aliphatic hydroxyl groups excluding tert-OH is 1. The highest BCUT2D eigenvalue weighted by Gasteiger charge is 2.21. The van der Waals surface area contributed by atoms with Gasteiger partial charge in [-0.1, -0.05) is 6.07 Å². The topological polar surface area (TPSA) is 104 Å². The molecule has 0 saturated carbocycles. The first-order chi connectivity index (χ1) is 14.5. The van der Waals surface area contributed by atoms with Gasteiger partial charge in [0.1, 0.15) is 11.5 Å². The maximum absolute atomic E-state index is 13.3. The molecule has 7 nitrogen and oxygen atoms in total. The fourth-order valence-electron chi connectivity index (χ4n) is 3.28. The number of hydrogen-bond donors (Lipinski definition) is 3. The maximum Gasteiger partial charge on any atom is 0.280 e. The fourth-order valence-corrected chi connectivity index (χ4v) is 3.28. The van der Waals surface area contributed by atoms with Gasteiger partial charge in [-0.2, -0.15) is 0 Å². The van der Waals surface area contributed by atoms with Gasteiger partial charge in [-0.25, -0.2) is 18.7 Å². The Labute approximate surface area is 169 Å². The summed E-state index contributed by atoms with van der Waals surface area (Å²) in [4.78, 5) is 27.3. The summed E-state index contributed by atoms with van der Waals surface area (Å²) in [7, 11) is 0. The number of carbonyl (C=O) groups excluding carboxylic acids is 1. The van der Waals surface area contributed by atoms with Crippen LogP contribution in [-0.2, 0) is 11.4 Å². The Morgan fingerprint density at radius 1 is 1.20 bits per heavy atom. The Bertz CT molecular complexity index is 1240. The van der Waals surface area contributed by atoms with Crippen LogP contribution in [0.5, 0.6) is 0 Å². The smallest absolute Gasteiger partial charge is 0.280 e. The van der Waals surface area contributed by atoms with Crippen LogP contribution in [0.1, 0.15) is 24.6 Å². The Hall–Kier alpha value is -3.72. The highest BCUT2D eigenvalue weighted by atomic mass is 19.3. The first-order valence-electron chi connectivity index (χ1n) is 9.08. The number of aliphatic hydroxyl groups is 1. The molecule has 0 aromatic carbocycles. The molecule has 3 N–H and O–H groups in total. The van der Waals surface area contributed by atoms with Crippen LogP contribution >= 0.6 is 0 Å². The van der Waals surface area contributed by atoms with Gasteiger partial charge in [0.05, 0.1) is 34.6 Å². The zero-order valence-corrected chi connectivity index (χ0v) is 15.9. The van der Waals surface area contributed by atoms with Crippen molar-refractivity contribution in [1.82, 2.24) is 19.9 Å². The molecule has 0 spiro atoms. The predicted octanol–water partition coefficient (Wildman–Crippen LogP) is 4.08. The van der Waals surface area contributed by atoms with E-state index in [0.29, 0.717) is 44.9 Å². The summed E-state index contributed by atoms with van der Waals surface area (Å²) in [6, 6.07) is 9.44. The van der Waals surface area contributed by atoms with E-state index in [0.717, 1.165) is 0 Å². The molecule has 30 heavy (non-hydrogen) atoms. The van der Waals surface area contributed by atoms with Crippen molar-refractivity contribution < 1.29 is 18.7 Å². The lowest BCUT2D eigenvalue weighted by atomic mass is 10.0. The van der Waals surface area contributed by atoms with Crippen molar-refractivity contribution in [2.45, 2.75) is 20.0 Å². The zero-order chi connectivity index (χ0) is 21.3. The van der Waals surface area contributed by atoms with Gasteiger partial charge in [0.15, 0.2) is 0 Å². The molecule has 0 radical (unpaired) electrons. The van der Waals surface area contributed by atoms with Crippen LogP contribution in [0.15, 0.2) is 48.8 Å². The van der Waals surface area contributed by atoms with Crippen molar-refractivity contribution in [1.29, 1.82) is 0 Å². The van der Waals surface area contributed by atoms with Gasteiger partial charge >= 0.3 is 0 Å². The van der Waals surface area contributed by atoms with Crippen LogP contribution in [0.25, 0.3) is 33.5 Å². The minimum Gasteiger partial charge on any atom is -0.392 e. The SMILES string of the molecule is CC(=O)Nc1cc(-c2[nH]c3c(CO)ccnc3c2-c2cccc(C(F)F)n2)ccn1. The van der Waals surface area contributed by atoms with E-state index in [2.05, 4.69) is 25.3 Å². The average Bonchev–Trinajstić information content (AvgIpc) is 3.13. The van der Waals surface area contributed by atoms with Crippen LogP contribution in [0.4, 0.5) is 14.6 Å². The molecule has 0 bridgehead atoms. The number of amides is 1. The summed E-state index contributed by atoms with van der Waals surface area (Å²) < 4.78 is 26.5. The lowest BCUT2D eigenvalue weighted by Gasteiger charge is -2.08. The van der Waals surface area contributed by atoms with E-state index >= 15 is 0 Å². The number of H-pyrrole nitrogens is 1. The van der Waals surface area contributed by atoms with Gasteiger partial charge in [-0.15, -0.1) is 0 Å². The first kappa shape index (κ1) is 19.6. The number of rotatable bonds is 5. The van der Waals surface area contributed by atoms with Gasteiger partial charge in [0.25, 0.3) is 6.43 Å². The van der Waals surface area contributed by atoms with Crippen molar-refractivity contribution in [3.05, 3.63) is 60.0 Å². The molecule has 0 aliphatic rings. The summed E-state index contributed by atoms with van der Waals surface area (Å²) >= 11 is 0. The second-order valence-corrected chi connectivity index (χ2v) is 6.59. The number of fused-ring (bicyclic) bond motifs is 1. The molecule has 0 unspecified atom stereocenters. The van der Waals surface area contributed by atoms with Gasteiger partial charge in [-0.3, -0.25) is 9.78 Å². The van der Waals surface area contributed by atoms with Crippen molar-refractivity contribution in [3.8, 4) is 22.5 Å². The Morgan fingerprint density at radius 2 is 2.00 bits per heavy atom. The molecule has 4 heterocycles. The lowest BCUT2D eigenvalue weighted by molar-refractivity contribution is -0.114. The molecule has 4 aromatic heterocycles. The number of halogens is 2. The van der Waals surface area contributed by atoms with Crippen molar-refractivity contribution in [3.63, 3.8) is 0 Å². The third-order valence-electron chi connectivity index (χ3n) is 4.55. The van der Waals surface area contributed by atoms with Crippen molar-refractivity contribution >= 4 is 22.8 Å². The van der Waals surface area contributed by atoms with Gasteiger partial charge < -0.3 is 15.4 Å². The molecule has 9 heteroatoms. The molecule has 4 rings (SSSR count). The minimum absolute atomic E-state index is 0.226. The third kappa shape index (κ3) is 3.62. The Kier molecular flexibility index (Phi) is 5.20. The molecule has 0 aliphatic heterocycles. The molecule has 0 fully saturated rings. The van der Waals surface area contributed by atoms with E-state index in [1.165, 1.54) is 25.3 Å². The predicted molar refractivity (Wildman–Crippen MR) is 108 cm³/mol. The zero-order valence-electron chi connectivity index (χ0n) is 15.9. The molecule has 0 saturated heterocycles. The quantitative estimate of drug-likeness (QED) is 0.461. The number of carbonyl (C=O) groups is 1. The Morgan fingerprint density at radius 3 is 2.73 bits per heavy atom. The number of nitrogens with one attached hydrogen (secondary N) is 2. The largest absolute Gasteiger partial charge is 0.392 e. The van der Waals surface area contributed by atoms with Gasteiger partial charge in [-0.05, 0) is 30.3 Å². The number of aromatic amines is 1. The van der Waals surface area contributed by atoms with E-state index < -0.39 is 6.43 Å². The molecule has 0 atom stereocenters. The van der Waals surface area contributed by atoms with Crippen LogP contribution in [0.2, 0.25) is 0 Å². The van der Waals surface area contributed by atoms with Crippen molar-refractivity contribution in [2.24, 2.45) is 0 Å². The normalized spacial score (nSPS) is 11.2. The molecule has 152 valence electrons. The molecular weight excluding hydrogens is 392 g/mol. The second kappa shape index (κ2) is 7.96. The first-order valence-corrected chi connectivity index (χ1v) is 9.08. The molecule has 4 aromatic rings. The Balaban J connectivity index is 1.99. The molecular formula is C21H17F2N5O2. The number of nitrogens with zero attached hydrogens (tertiary/aromatic N) is 3. The fraction of sp³-hybridized carbons (Fsp3) is 0.143. The number of hydrogen-bond acceptors (Lipinski definition) is 5. The van der Waals surface area contributed by atoms with E-state index in [4.69, 9.17) is 0 Å². The van der Waals surface area contributed by atoms with Crippen LogP contribution < -0.4 is 5.32 Å². The van der Waals surface area contributed by atoms with Gasteiger partial charge in [0.2, 0.25) is 5.91 Å². The molecule has 1 amide bonds. The highest BCUT2D eigenvalue weighted by molar-refractivity contribution is 6.02. The van der Waals surface area contributed by atoms with Crippen LogP contribution in [-0.4, -0.2) is 30.9 Å². The van der Waals surface area contributed by atoms with E-state index in [1.807, 2.05) is 0 Å². The number of pyridine rings is 3. The second-order valence-electron chi connectivity index (χ2n) is 6.59. The highest BCUT2D eigenvalue weighted by Crippen LogP contribution is 2.38. The summed E-state index contributed by atoms with van der Waals surface area (Å²) in [6.45, 7) is 1.15. The van der Waals surface area contributed by atoms with E-state index in [9.17, 15) is 18.7 Å². The maximum atomic E-state index is 13.3. The number of anilines is 1. The standard InChI is InChI=1S/C21H17F2N5O2/c1-11(30)26-16-9-12(5-7-24-16)18-17(14-3-2-4-15(27-14)21(22)23)20-19(28-18)13(10-29)6-8-25-20/h2-9,21,28-29H,10H2,1H3,(H,24,26,30). The number of aromatic nitrogens is 4. The van der Waals surface area contributed by atoms with Crippen molar-refractivity contribution in [2.75, 3.05) is 5.32 Å². The van der Waals surface area contributed by atoms with Crippen LogP contribution in [0.3, 0.4) is 0 Å². The summed E-state index contributed by atoms with van der Waals surface area (Å²) in [6.07, 6.45) is 0.354. The van der Waals surface area contributed by atoms with Crippen LogP contribution in [0, 0.1) is 0 Å². The summed E-state index contributed by atoms with van der Waals surface area (Å²) in [5, 5.41) is 12.3. The van der Waals surface area contributed by atoms with Gasteiger partial charge in [0, 0.05) is 30.4 Å². The molecule has 0 aliphatic carbocycles. The third-order valence-corrected chi connectivity index (χ3v) is 4.55. The number of alkyl halides is 2. The lowest BCUT2D eigenvalue weighted by Crippen LogP contribution is -2.07. The van der Waals surface area contributed by atoms with E-state index in [-0.39, 0.29) is 18.2 Å².